The maximum Gasteiger partial charge on any atom is 0.360 e. The molecule has 0 N–H and O–H groups in total. The first-order valence-electron chi connectivity index (χ1n) is 4.41. The van der Waals surface area contributed by atoms with Gasteiger partial charge >= 0.3 is 5.97 Å². The molecule has 1 aromatic heterocycles. The molecule has 1 saturated carbocycles. The number of alkyl halides is 2. The molecule has 0 unspecified atom stereocenters. The predicted molar refractivity (Wildman–Crippen MR) is 44.4 cm³/mol. The molecule has 0 aromatic carbocycles. The van der Waals surface area contributed by atoms with Crippen molar-refractivity contribution in [1.29, 1.82) is 0 Å². The molecule has 82 valence electrons. The summed E-state index contributed by atoms with van der Waals surface area (Å²) < 4.78 is 29.6. The van der Waals surface area contributed by atoms with E-state index in [0.29, 0.717) is 0 Å². The van der Waals surface area contributed by atoms with Crippen LogP contribution in [0.15, 0.2) is 6.20 Å². The average Bonchev–Trinajstić information content (AvgIpc) is 2.48. The van der Waals surface area contributed by atoms with Crippen molar-refractivity contribution in [3.8, 4) is 0 Å². The molecular weight excluding hydrogens is 208 g/mol. The molecule has 1 fully saturated rings. The van der Waals surface area contributed by atoms with Crippen molar-refractivity contribution in [3.63, 3.8) is 0 Å². The van der Waals surface area contributed by atoms with Crippen molar-refractivity contribution in [3.05, 3.63) is 11.9 Å². The van der Waals surface area contributed by atoms with Gasteiger partial charge in [-0.05, 0) is 0 Å². The standard InChI is InChI=1S/C8H9F2N3O2/c1-13-11-4-6(12-13)7(14)15-5-2-8(9,10)3-5/h4-5H,2-3H2,1H3. The highest BCUT2D eigenvalue weighted by Gasteiger charge is 2.47. The van der Waals surface area contributed by atoms with E-state index >= 15 is 0 Å². The Balaban J connectivity index is 1.89. The first kappa shape index (κ1) is 10.0. The van der Waals surface area contributed by atoms with Gasteiger partial charge in [-0.1, -0.05) is 0 Å². The fourth-order valence-electron chi connectivity index (χ4n) is 1.34. The Morgan fingerprint density at radius 2 is 2.33 bits per heavy atom. The van der Waals surface area contributed by atoms with E-state index in [1.165, 1.54) is 11.0 Å². The van der Waals surface area contributed by atoms with Gasteiger partial charge in [0.1, 0.15) is 6.10 Å². The van der Waals surface area contributed by atoms with Crippen molar-refractivity contribution in [2.45, 2.75) is 24.9 Å². The van der Waals surface area contributed by atoms with Gasteiger partial charge in [-0.15, -0.1) is 5.10 Å². The number of esters is 1. The third-order valence-corrected chi connectivity index (χ3v) is 2.14. The van der Waals surface area contributed by atoms with Gasteiger partial charge in [-0.25, -0.2) is 13.6 Å². The van der Waals surface area contributed by atoms with Gasteiger partial charge < -0.3 is 4.74 Å². The molecule has 0 atom stereocenters. The molecule has 1 heterocycles. The van der Waals surface area contributed by atoms with Crippen molar-refractivity contribution < 1.29 is 18.3 Å². The molecule has 2 rings (SSSR count). The topological polar surface area (TPSA) is 57.0 Å². The molecular formula is C8H9F2N3O2. The first-order chi connectivity index (χ1) is 6.96. The zero-order chi connectivity index (χ0) is 11.1. The Hall–Kier alpha value is -1.53. The number of carbonyl (C=O) groups is 1. The van der Waals surface area contributed by atoms with Gasteiger partial charge in [0.05, 0.1) is 6.20 Å². The van der Waals surface area contributed by atoms with Crippen LogP contribution in [0.25, 0.3) is 0 Å². The monoisotopic (exact) mass is 217 g/mol. The lowest BCUT2D eigenvalue weighted by molar-refractivity contribution is -0.146. The maximum atomic E-state index is 12.4. The summed E-state index contributed by atoms with van der Waals surface area (Å²) in [5.74, 6) is -3.39. The Morgan fingerprint density at radius 1 is 1.67 bits per heavy atom. The van der Waals surface area contributed by atoms with E-state index in [1.54, 1.807) is 7.05 Å². The maximum absolute atomic E-state index is 12.4. The molecule has 5 nitrogen and oxygen atoms in total. The van der Waals surface area contributed by atoms with Crippen LogP contribution in [-0.2, 0) is 11.8 Å². The van der Waals surface area contributed by atoms with Gasteiger partial charge in [-0.3, -0.25) is 0 Å². The summed E-state index contributed by atoms with van der Waals surface area (Å²) in [5.41, 5.74) is 0.0349. The van der Waals surface area contributed by atoms with Gasteiger partial charge in [0, 0.05) is 19.9 Å². The van der Waals surface area contributed by atoms with Crippen LogP contribution in [0, 0.1) is 0 Å². The molecule has 0 aliphatic heterocycles. The Bertz CT molecular complexity index is 383. The molecule has 1 aliphatic carbocycles. The van der Waals surface area contributed by atoms with Gasteiger partial charge in [0.2, 0.25) is 0 Å². The van der Waals surface area contributed by atoms with Crippen molar-refractivity contribution in [1.82, 2.24) is 15.0 Å². The van der Waals surface area contributed by atoms with E-state index in [-0.39, 0.29) is 5.69 Å². The normalized spacial score (nSPS) is 19.7. The zero-order valence-corrected chi connectivity index (χ0v) is 7.98. The van der Waals surface area contributed by atoms with Crippen LogP contribution >= 0.6 is 0 Å². The lowest BCUT2D eigenvalue weighted by Crippen LogP contribution is -2.42. The Kier molecular flexibility index (Phi) is 2.17. The highest BCUT2D eigenvalue weighted by Crippen LogP contribution is 2.39. The number of carbonyl (C=O) groups excluding carboxylic acids is 1. The second kappa shape index (κ2) is 3.25. The average molecular weight is 217 g/mol. The number of hydrogen-bond donors (Lipinski definition) is 0. The molecule has 1 aliphatic rings. The van der Waals surface area contributed by atoms with E-state index < -0.39 is 30.8 Å². The van der Waals surface area contributed by atoms with Crippen molar-refractivity contribution >= 4 is 5.97 Å². The number of hydrogen-bond acceptors (Lipinski definition) is 4. The second-order valence-electron chi connectivity index (χ2n) is 3.51. The predicted octanol–water partition coefficient (Wildman–Crippen LogP) is 0.770. The quantitative estimate of drug-likeness (QED) is 0.686. The van der Waals surface area contributed by atoms with E-state index in [9.17, 15) is 13.6 Å². The molecule has 0 amide bonds. The summed E-state index contributed by atoms with van der Waals surface area (Å²) in [7, 11) is 1.55. The molecule has 15 heavy (non-hydrogen) atoms. The van der Waals surface area contributed by atoms with Crippen LogP contribution in [0.2, 0.25) is 0 Å². The summed E-state index contributed by atoms with van der Waals surface area (Å²) in [6.07, 6.45) is -0.272. The summed E-state index contributed by atoms with van der Waals surface area (Å²) in [6, 6.07) is 0. The number of halogens is 2. The van der Waals surface area contributed by atoms with Crippen LogP contribution in [0.4, 0.5) is 8.78 Å². The van der Waals surface area contributed by atoms with Crippen LogP contribution in [0.3, 0.4) is 0 Å². The zero-order valence-electron chi connectivity index (χ0n) is 7.98. The van der Waals surface area contributed by atoms with Crippen molar-refractivity contribution in [2.24, 2.45) is 7.05 Å². The highest BCUT2D eigenvalue weighted by molar-refractivity contribution is 5.86. The Morgan fingerprint density at radius 3 is 2.80 bits per heavy atom. The van der Waals surface area contributed by atoms with E-state index in [0.717, 1.165) is 0 Å². The molecule has 0 spiro atoms. The minimum Gasteiger partial charge on any atom is -0.457 e. The summed E-state index contributed by atoms with van der Waals surface area (Å²) in [4.78, 5) is 12.5. The second-order valence-corrected chi connectivity index (χ2v) is 3.51. The van der Waals surface area contributed by atoms with E-state index in [4.69, 9.17) is 4.74 Å². The largest absolute Gasteiger partial charge is 0.457 e. The molecule has 1 aromatic rings. The lowest BCUT2D eigenvalue weighted by Gasteiger charge is -2.33. The number of ether oxygens (including phenoxy) is 1. The highest BCUT2D eigenvalue weighted by atomic mass is 19.3. The van der Waals surface area contributed by atoms with Crippen LogP contribution in [-0.4, -0.2) is 33.0 Å². The third-order valence-electron chi connectivity index (χ3n) is 2.14. The molecule has 0 saturated heterocycles. The van der Waals surface area contributed by atoms with Crippen molar-refractivity contribution in [2.75, 3.05) is 0 Å². The van der Waals surface area contributed by atoms with Gasteiger partial charge in [-0.2, -0.15) is 9.90 Å². The SMILES string of the molecule is Cn1ncc(C(=O)OC2CC(F)(F)C2)n1. The third kappa shape index (κ3) is 2.11. The summed E-state index contributed by atoms with van der Waals surface area (Å²) in [5, 5.41) is 7.38. The van der Waals surface area contributed by atoms with Crippen LogP contribution < -0.4 is 0 Å². The fraction of sp³-hybridized carbons (Fsp3) is 0.625. The van der Waals surface area contributed by atoms with Gasteiger partial charge in [0.25, 0.3) is 5.92 Å². The minimum absolute atomic E-state index is 0.0349. The van der Waals surface area contributed by atoms with Crippen LogP contribution in [0.5, 0.6) is 0 Å². The molecule has 0 radical (unpaired) electrons. The van der Waals surface area contributed by atoms with Crippen LogP contribution in [0.1, 0.15) is 23.3 Å². The summed E-state index contributed by atoms with van der Waals surface area (Å²) in [6.45, 7) is 0. The number of nitrogens with zero attached hydrogens (tertiary/aromatic N) is 3. The fourth-order valence-corrected chi connectivity index (χ4v) is 1.34. The molecule has 0 bridgehead atoms. The Labute approximate surface area is 84.0 Å². The first-order valence-corrected chi connectivity index (χ1v) is 4.41. The van der Waals surface area contributed by atoms with Gasteiger partial charge in [0.15, 0.2) is 5.69 Å². The number of aryl methyl sites for hydroxylation is 1. The van der Waals surface area contributed by atoms with E-state index in [2.05, 4.69) is 10.2 Å². The minimum atomic E-state index is -2.69. The summed E-state index contributed by atoms with van der Waals surface area (Å²) >= 11 is 0. The lowest BCUT2D eigenvalue weighted by atomic mass is 9.91. The number of rotatable bonds is 2. The number of aromatic nitrogens is 3. The smallest absolute Gasteiger partial charge is 0.360 e. The molecule has 7 heteroatoms. The van der Waals surface area contributed by atoms with E-state index in [1.807, 2.05) is 0 Å².